The molecule has 0 N–H and O–H groups in total. The third-order valence-corrected chi connectivity index (χ3v) is 8.15. The Balaban J connectivity index is 1.28. The second-order valence-corrected chi connectivity index (χ2v) is 10.8. The number of aromatic nitrogens is 3. The largest absolute Gasteiger partial charge is 0.456 e. The average molecular weight is 566 g/mol. The number of hydrogen-bond acceptors (Lipinski definition) is 5. The molecule has 9 aromatic rings. The molecule has 3 heterocycles. The highest BCUT2D eigenvalue weighted by molar-refractivity contribution is 6.13. The summed E-state index contributed by atoms with van der Waals surface area (Å²) in [7, 11) is 0. The highest BCUT2D eigenvalue weighted by Crippen LogP contribution is 2.39. The van der Waals surface area contributed by atoms with Gasteiger partial charge in [0.05, 0.1) is 0 Å². The van der Waals surface area contributed by atoms with E-state index in [-0.39, 0.29) is 0 Å². The minimum absolute atomic E-state index is 0.575. The standard InChI is InChI=1S/C39H23N3O2/c1-3-10-24(11-4-1)26-19-21-33-31(22-26)36-30(15-9-17-34(36)43-33)39-41-37(25-12-5-2-6-13-25)40-38(42-39)27-18-20-29-28-14-7-8-16-32(28)44-35(29)23-27/h1-23H. The normalized spacial score (nSPS) is 11.6. The summed E-state index contributed by atoms with van der Waals surface area (Å²) in [6, 6.07) is 47.0. The van der Waals surface area contributed by atoms with Gasteiger partial charge in [-0.1, -0.05) is 103 Å². The molecule has 0 bridgehead atoms. The molecule has 0 unspecified atom stereocenters. The van der Waals surface area contributed by atoms with Gasteiger partial charge < -0.3 is 8.83 Å². The molecule has 0 spiro atoms. The maximum atomic E-state index is 6.33. The Labute approximate surface area is 252 Å². The van der Waals surface area contributed by atoms with Crippen LogP contribution in [0.5, 0.6) is 0 Å². The third kappa shape index (κ3) is 3.98. The van der Waals surface area contributed by atoms with E-state index in [0.29, 0.717) is 17.5 Å². The molecule has 0 fully saturated rings. The number of hydrogen-bond donors (Lipinski definition) is 0. The molecule has 0 radical (unpaired) electrons. The Hall–Kier alpha value is -6.07. The van der Waals surface area contributed by atoms with Crippen LogP contribution in [-0.2, 0) is 0 Å². The van der Waals surface area contributed by atoms with Gasteiger partial charge in [-0.05, 0) is 47.5 Å². The van der Waals surface area contributed by atoms with E-state index in [2.05, 4.69) is 60.7 Å². The molecule has 0 amide bonds. The lowest BCUT2D eigenvalue weighted by molar-refractivity contribution is 0.668. The van der Waals surface area contributed by atoms with Gasteiger partial charge >= 0.3 is 0 Å². The van der Waals surface area contributed by atoms with Crippen molar-refractivity contribution in [2.24, 2.45) is 0 Å². The van der Waals surface area contributed by atoms with Crippen molar-refractivity contribution in [2.45, 2.75) is 0 Å². The SMILES string of the molecule is c1ccc(-c2ccc3oc4cccc(-c5nc(-c6ccccc6)nc(-c6ccc7c(c6)oc6ccccc67)n5)c4c3c2)cc1. The summed E-state index contributed by atoms with van der Waals surface area (Å²) in [6.45, 7) is 0. The van der Waals surface area contributed by atoms with Crippen molar-refractivity contribution in [1.82, 2.24) is 15.0 Å². The van der Waals surface area contributed by atoms with Gasteiger partial charge in [0.1, 0.15) is 22.3 Å². The number of fused-ring (bicyclic) bond motifs is 6. The molecule has 0 atom stereocenters. The van der Waals surface area contributed by atoms with E-state index in [4.69, 9.17) is 23.8 Å². The molecule has 9 rings (SSSR count). The fraction of sp³-hybridized carbons (Fsp3) is 0. The summed E-state index contributed by atoms with van der Waals surface area (Å²) in [5.74, 6) is 1.76. The average Bonchev–Trinajstić information content (AvgIpc) is 3.66. The maximum absolute atomic E-state index is 6.33. The lowest BCUT2D eigenvalue weighted by atomic mass is 10.0. The Morgan fingerprint density at radius 1 is 0.341 bits per heavy atom. The quantitative estimate of drug-likeness (QED) is 0.212. The molecule has 0 aliphatic heterocycles. The van der Waals surface area contributed by atoms with E-state index in [1.54, 1.807) is 0 Å². The fourth-order valence-corrected chi connectivity index (χ4v) is 6.03. The van der Waals surface area contributed by atoms with Crippen molar-refractivity contribution in [3.05, 3.63) is 140 Å². The first kappa shape index (κ1) is 24.5. The van der Waals surface area contributed by atoms with Crippen molar-refractivity contribution in [2.75, 3.05) is 0 Å². The summed E-state index contributed by atoms with van der Waals surface area (Å²) in [5, 5.41) is 4.14. The van der Waals surface area contributed by atoms with Crippen molar-refractivity contribution in [3.63, 3.8) is 0 Å². The predicted molar refractivity (Wildman–Crippen MR) is 176 cm³/mol. The van der Waals surface area contributed by atoms with Crippen LogP contribution in [-0.4, -0.2) is 15.0 Å². The molecule has 0 saturated heterocycles. The van der Waals surface area contributed by atoms with E-state index in [1.807, 2.05) is 78.9 Å². The molecule has 0 saturated carbocycles. The van der Waals surface area contributed by atoms with E-state index >= 15 is 0 Å². The van der Waals surface area contributed by atoms with Gasteiger partial charge in [0.25, 0.3) is 0 Å². The zero-order valence-corrected chi connectivity index (χ0v) is 23.4. The van der Waals surface area contributed by atoms with E-state index in [1.165, 1.54) is 0 Å². The zero-order valence-electron chi connectivity index (χ0n) is 23.4. The van der Waals surface area contributed by atoms with Crippen LogP contribution in [0.25, 0.3) is 89.2 Å². The first-order valence-electron chi connectivity index (χ1n) is 14.5. The maximum Gasteiger partial charge on any atom is 0.164 e. The topological polar surface area (TPSA) is 65.0 Å². The van der Waals surface area contributed by atoms with Gasteiger partial charge in [0, 0.05) is 38.2 Å². The summed E-state index contributed by atoms with van der Waals surface area (Å²) in [4.78, 5) is 15.1. The molecule has 0 aliphatic carbocycles. The number of nitrogens with zero attached hydrogens (tertiary/aromatic N) is 3. The van der Waals surface area contributed by atoms with E-state index < -0.39 is 0 Å². The Morgan fingerprint density at radius 2 is 0.955 bits per heavy atom. The molecule has 5 nitrogen and oxygen atoms in total. The molecule has 5 heteroatoms. The van der Waals surface area contributed by atoms with Crippen LogP contribution in [0, 0.1) is 0 Å². The Bertz CT molecular complexity index is 2500. The number of furan rings is 2. The van der Waals surface area contributed by atoms with Crippen LogP contribution >= 0.6 is 0 Å². The van der Waals surface area contributed by atoms with Gasteiger partial charge in [-0.3, -0.25) is 0 Å². The van der Waals surface area contributed by atoms with Crippen LogP contribution in [0.15, 0.2) is 148 Å². The van der Waals surface area contributed by atoms with Crippen LogP contribution in [0.2, 0.25) is 0 Å². The number of para-hydroxylation sites is 1. The first-order valence-corrected chi connectivity index (χ1v) is 14.5. The fourth-order valence-electron chi connectivity index (χ4n) is 6.03. The highest BCUT2D eigenvalue weighted by atomic mass is 16.3. The number of rotatable bonds is 4. The summed E-state index contributed by atoms with van der Waals surface area (Å²) < 4.78 is 12.5. The third-order valence-electron chi connectivity index (χ3n) is 8.15. The predicted octanol–water partition coefficient (Wildman–Crippen LogP) is 10.3. The van der Waals surface area contributed by atoms with Gasteiger partial charge in [-0.15, -0.1) is 0 Å². The molecule has 206 valence electrons. The summed E-state index contributed by atoms with van der Waals surface area (Å²) in [5.41, 5.74) is 8.18. The summed E-state index contributed by atoms with van der Waals surface area (Å²) >= 11 is 0. The monoisotopic (exact) mass is 565 g/mol. The lowest BCUT2D eigenvalue weighted by Crippen LogP contribution is -2.00. The van der Waals surface area contributed by atoms with Crippen LogP contribution in [0.1, 0.15) is 0 Å². The second kappa shape index (κ2) is 9.75. The molecule has 3 aromatic heterocycles. The van der Waals surface area contributed by atoms with Crippen LogP contribution in [0.4, 0.5) is 0 Å². The molecular weight excluding hydrogens is 542 g/mol. The second-order valence-electron chi connectivity index (χ2n) is 10.8. The first-order chi connectivity index (χ1) is 21.8. The number of benzene rings is 6. The van der Waals surface area contributed by atoms with Crippen LogP contribution in [0.3, 0.4) is 0 Å². The van der Waals surface area contributed by atoms with E-state index in [0.717, 1.165) is 71.7 Å². The van der Waals surface area contributed by atoms with Crippen LogP contribution < -0.4 is 0 Å². The Morgan fingerprint density at radius 3 is 1.80 bits per heavy atom. The lowest BCUT2D eigenvalue weighted by Gasteiger charge is -2.09. The van der Waals surface area contributed by atoms with Crippen molar-refractivity contribution < 1.29 is 8.83 Å². The van der Waals surface area contributed by atoms with Crippen molar-refractivity contribution in [1.29, 1.82) is 0 Å². The Kier molecular flexibility index (Phi) is 5.43. The van der Waals surface area contributed by atoms with E-state index in [9.17, 15) is 0 Å². The van der Waals surface area contributed by atoms with Gasteiger partial charge in [-0.25, -0.2) is 15.0 Å². The van der Waals surface area contributed by atoms with Gasteiger partial charge in [0.2, 0.25) is 0 Å². The molecule has 44 heavy (non-hydrogen) atoms. The van der Waals surface area contributed by atoms with Crippen molar-refractivity contribution >= 4 is 43.9 Å². The minimum Gasteiger partial charge on any atom is -0.456 e. The van der Waals surface area contributed by atoms with Gasteiger partial charge in [-0.2, -0.15) is 0 Å². The molecule has 0 aliphatic rings. The van der Waals surface area contributed by atoms with Crippen molar-refractivity contribution in [3.8, 4) is 45.3 Å². The minimum atomic E-state index is 0.575. The molecular formula is C39H23N3O2. The highest BCUT2D eigenvalue weighted by Gasteiger charge is 2.19. The smallest absolute Gasteiger partial charge is 0.164 e. The zero-order chi connectivity index (χ0) is 29.0. The molecule has 6 aromatic carbocycles. The van der Waals surface area contributed by atoms with Gasteiger partial charge in [0.15, 0.2) is 17.5 Å². The summed E-state index contributed by atoms with van der Waals surface area (Å²) in [6.07, 6.45) is 0.